The van der Waals surface area contributed by atoms with E-state index in [-0.39, 0.29) is 11.2 Å². The molecule has 0 fully saturated rings. The van der Waals surface area contributed by atoms with Gasteiger partial charge in [-0.25, -0.2) is 9.78 Å². The van der Waals surface area contributed by atoms with Crippen molar-refractivity contribution >= 4 is 17.4 Å². The van der Waals surface area contributed by atoms with Gasteiger partial charge in [0.05, 0.1) is 13.3 Å². The van der Waals surface area contributed by atoms with Gasteiger partial charge in [-0.15, -0.1) is 0 Å². The van der Waals surface area contributed by atoms with Crippen molar-refractivity contribution in [2.45, 2.75) is 10.9 Å². The minimum absolute atomic E-state index is 0.267. The standard InChI is InChI=1S/C14H11N5O2S/c1-21-11-4-2-9(3-5-11)8-22-13-17-12-10(6-15)7-16-19(12)14(20)18-13/h2-5,7H,8H2,1H3,(H,17,18,20). The molecular formula is C14H11N5O2S. The van der Waals surface area contributed by atoms with E-state index in [1.54, 1.807) is 7.11 Å². The maximum absolute atomic E-state index is 11.9. The van der Waals surface area contributed by atoms with Gasteiger partial charge < -0.3 is 4.74 Å². The van der Waals surface area contributed by atoms with E-state index in [1.807, 2.05) is 30.3 Å². The van der Waals surface area contributed by atoms with Crippen molar-refractivity contribution in [3.8, 4) is 11.8 Å². The van der Waals surface area contributed by atoms with Crippen molar-refractivity contribution < 1.29 is 4.74 Å². The zero-order valence-corrected chi connectivity index (χ0v) is 12.4. The topological polar surface area (TPSA) is 96.1 Å². The third-order valence-electron chi connectivity index (χ3n) is 3.01. The Labute approximate surface area is 129 Å². The maximum atomic E-state index is 11.9. The van der Waals surface area contributed by atoms with Gasteiger partial charge in [-0.3, -0.25) is 4.98 Å². The van der Waals surface area contributed by atoms with Crippen LogP contribution in [-0.2, 0) is 5.75 Å². The summed E-state index contributed by atoms with van der Waals surface area (Å²) in [5, 5.41) is 13.3. The van der Waals surface area contributed by atoms with Crippen LogP contribution in [0.25, 0.3) is 5.65 Å². The zero-order chi connectivity index (χ0) is 15.5. The summed E-state index contributed by atoms with van der Waals surface area (Å²) in [7, 11) is 1.62. The lowest BCUT2D eigenvalue weighted by Gasteiger charge is -2.03. The quantitative estimate of drug-likeness (QED) is 0.735. The summed E-state index contributed by atoms with van der Waals surface area (Å²) in [4.78, 5) is 18.8. The summed E-state index contributed by atoms with van der Waals surface area (Å²) >= 11 is 1.38. The fraction of sp³-hybridized carbons (Fsp3) is 0.143. The molecule has 2 heterocycles. The first-order valence-corrected chi connectivity index (χ1v) is 7.33. The first-order valence-electron chi connectivity index (χ1n) is 6.35. The van der Waals surface area contributed by atoms with E-state index in [9.17, 15) is 4.79 Å². The molecule has 8 heteroatoms. The lowest BCUT2D eigenvalue weighted by molar-refractivity contribution is 0.414. The lowest BCUT2D eigenvalue weighted by Crippen LogP contribution is -2.19. The van der Waals surface area contributed by atoms with Crippen LogP contribution in [0.5, 0.6) is 5.75 Å². The van der Waals surface area contributed by atoms with Crippen LogP contribution < -0.4 is 10.4 Å². The number of nitrogens with zero attached hydrogens (tertiary/aromatic N) is 4. The molecule has 0 atom stereocenters. The van der Waals surface area contributed by atoms with Gasteiger partial charge in [-0.1, -0.05) is 23.9 Å². The van der Waals surface area contributed by atoms with E-state index in [4.69, 9.17) is 10.00 Å². The van der Waals surface area contributed by atoms with E-state index in [1.165, 1.54) is 18.0 Å². The number of thioether (sulfide) groups is 1. The largest absolute Gasteiger partial charge is 0.497 e. The van der Waals surface area contributed by atoms with Crippen LogP contribution >= 0.6 is 11.8 Å². The molecule has 0 saturated carbocycles. The molecule has 0 aliphatic rings. The molecule has 110 valence electrons. The fourth-order valence-electron chi connectivity index (χ4n) is 1.89. The van der Waals surface area contributed by atoms with Crippen LogP contribution in [0.1, 0.15) is 11.1 Å². The van der Waals surface area contributed by atoms with E-state index in [2.05, 4.69) is 15.1 Å². The Kier molecular flexibility index (Phi) is 3.80. The predicted molar refractivity (Wildman–Crippen MR) is 80.9 cm³/mol. The van der Waals surface area contributed by atoms with Gasteiger partial charge in [0.1, 0.15) is 17.4 Å². The van der Waals surface area contributed by atoms with E-state index in [0.29, 0.717) is 10.9 Å². The number of fused-ring (bicyclic) bond motifs is 1. The van der Waals surface area contributed by atoms with Crippen LogP contribution in [0.3, 0.4) is 0 Å². The number of methoxy groups -OCH3 is 1. The zero-order valence-electron chi connectivity index (χ0n) is 11.6. The number of H-pyrrole nitrogens is 1. The number of hydrogen-bond donors (Lipinski definition) is 1. The lowest BCUT2D eigenvalue weighted by atomic mass is 10.2. The van der Waals surface area contributed by atoms with Gasteiger partial charge >= 0.3 is 5.69 Å². The smallest absolute Gasteiger partial charge is 0.350 e. The second kappa shape index (κ2) is 5.91. The summed E-state index contributed by atoms with van der Waals surface area (Å²) < 4.78 is 6.18. The minimum atomic E-state index is -0.413. The number of aromatic amines is 1. The summed E-state index contributed by atoms with van der Waals surface area (Å²) in [6.45, 7) is 0. The first kappa shape index (κ1) is 14.2. The van der Waals surface area contributed by atoms with Gasteiger partial charge in [-0.2, -0.15) is 14.9 Å². The van der Waals surface area contributed by atoms with Crippen molar-refractivity contribution in [1.82, 2.24) is 19.6 Å². The van der Waals surface area contributed by atoms with Crippen LogP contribution in [-0.4, -0.2) is 26.7 Å². The molecule has 22 heavy (non-hydrogen) atoms. The molecule has 7 nitrogen and oxygen atoms in total. The van der Waals surface area contributed by atoms with Crippen molar-refractivity contribution in [3.63, 3.8) is 0 Å². The molecule has 0 amide bonds. The number of rotatable bonds is 4. The molecule has 0 aliphatic carbocycles. The monoisotopic (exact) mass is 313 g/mol. The number of benzene rings is 1. The van der Waals surface area contributed by atoms with Crippen molar-refractivity contribution in [2.75, 3.05) is 7.11 Å². The summed E-state index contributed by atoms with van der Waals surface area (Å²) in [6, 6.07) is 9.61. The second-order valence-corrected chi connectivity index (χ2v) is 5.35. The molecule has 2 aromatic heterocycles. The van der Waals surface area contributed by atoms with Crippen molar-refractivity contribution in [1.29, 1.82) is 5.26 Å². The van der Waals surface area contributed by atoms with Crippen molar-refractivity contribution in [3.05, 3.63) is 52.1 Å². The van der Waals surface area contributed by atoms with Crippen LogP contribution in [0, 0.1) is 11.3 Å². The number of hydrogen-bond acceptors (Lipinski definition) is 6. The molecular weight excluding hydrogens is 302 g/mol. The van der Waals surface area contributed by atoms with Crippen LogP contribution in [0.4, 0.5) is 0 Å². The minimum Gasteiger partial charge on any atom is -0.497 e. The Morgan fingerprint density at radius 2 is 2.18 bits per heavy atom. The Morgan fingerprint density at radius 3 is 2.86 bits per heavy atom. The number of aromatic nitrogens is 4. The normalized spacial score (nSPS) is 10.5. The number of nitriles is 1. The van der Waals surface area contributed by atoms with E-state index < -0.39 is 5.69 Å². The Hall–Kier alpha value is -2.79. The van der Waals surface area contributed by atoms with Gasteiger partial charge in [-0.05, 0) is 17.7 Å². The molecule has 3 rings (SSSR count). The Balaban J connectivity index is 1.84. The highest BCUT2D eigenvalue weighted by atomic mass is 32.2. The molecule has 0 radical (unpaired) electrons. The van der Waals surface area contributed by atoms with Crippen molar-refractivity contribution in [2.24, 2.45) is 0 Å². The number of ether oxygens (including phenoxy) is 1. The molecule has 0 unspecified atom stereocenters. The average Bonchev–Trinajstić information content (AvgIpc) is 2.97. The van der Waals surface area contributed by atoms with Gasteiger partial charge in [0.25, 0.3) is 0 Å². The molecule has 0 spiro atoms. The van der Waals surface area contributed by atoms with E-state index >= 15 is 0 Å². The molecule has 0 saturated heterocycles. The van der Waals surface area contributed by atoms with Crippen LogP contribution in [0.2, 0.25) is 0 Å². The van der Waals surface area contributed by atoms with Gasteiger partial charge in [0, 0.05) is 5.75 Å². The molecule has 0 aliphatic heterocycles. The second-order valence-electron chi connectivity index (χ2n) is 4.39. The van der Waals surface area contributed by atoms with E-state index in [0.717, 1.165) is 15.8 Å². The Morgan fingerprint density at radius 1 is 1.41 bits per heavy atom. The third kappa shape index (κ3) is 2.66. The first-order chi connectivity index (χ1) is 10.7. The fourth-order valence-corrected chi connectivity index (χ4v) is 2.69. The highest BCUT2D eigenvalue weighted by molar-refractivity contribution is 7.98. The highest BCUT2D eigenvalue weighted by Gasteiger charge is 2.10. The summed E-state index contributed by atoms with van der Waals surface area (Å²) in [6.07, 6.45) is 1.33. The van der Waals surface area contributed by atoms with Gasteiger partial charge in [0.15, 0.2) is 10.8 Å². The maximum Gasteiger partial charge on any atom is 0.350 e. The predicted octanol–water partition coefficient (Wildman–Crippen LogP) is 1.59. The molecule has 1 N–H and O–H groups in total. The molecule has 1 aromatic carbocycles. The Bertz CT molecular complexity index is 908. The molecule has 0 bridgehead atoms. The number of nitrogens with one attached hydrogen (secondary N) is 1. The average molecular weight is 313 g/mol. The van der Waals surface area contributed by atoms with Gasteiger partial charge in [0.2, 0.25) is 0 Å². The third-order valence-corrected chi connectivity index (χ3v) is 3.96. The summed E-state index contributed by atoms with van der Waals surface area (Å²) in [5.74, 6) is 1.43. The highest BCUT2D eigenvalue weighted by Crippen LogP contribution is 2.21. The molecule has 3 aromatic rings. The van der Waals surface area contributed by atoms with Crippen LogP contribution in [0.15, 0.2) is 40.4 Å². The summed E-state index contributed by atoms with van der Waals surface area (Å²) in [5.41, 5.74) is 1.20. The SMILES string of the molecule is COc1ccc(CSc2nc3c(C#N)cnn3c(=O)[nH]2)cc1.